The zero-order valence-electron chi connectivity index (χ0n) is 9.07. The SMILES string of the molecule is CN1CCN=C1NCCc1ccc(Cl)s1.I. The van der Waals surface area contributed by atoms with E-state index in [1.807, 2.05) is 6.07 Å². The second-order valence-corrected chi connectivity index (χ2v) is 5.31. The van der Waals surface area contributed by atoms with Gasteiger partial charge >= 0.3 is 0 Å². The summed E-state index contributed by atoms with van der Waals surface area (Å²) in [5.74, 6) is 1.01. The standard InChI is InChI=1S/C10H14ClN3S.HI/c1-14-7-6-13-10(14)12-5-4-8-2-3-9(11)15-8;/h2-3H,4-7H2,1H3,(H,12,13);1H. The van der Waals surface area contributed by atoms with Crippen molar-refractivity contribution in [1.82, 2.24) is 10.2 Å². The summed E-state index contributed by atoms with van der Waals surface area (Å²) < 4.78 is 0.861. The molecule has 6 heteroatoms. The first-order valence-corrected chi connectivity index (χ1v) is 6.19. The van der Waals surface area contributed by atoms with Crippen LogP contribution in [0.5, 0.6) is 0 Å². The van der Waals surface area contributed by atoms with Crippen LogP contribution in [0.25, 0.3) is 0 Å². The third-order valence-corrected chi connectivity index (χ3v) is 3.63. The van der Waals surface area contributed by atoms with Crippen LogP contribution in [0.15, 0.2) is 17.1 Å². The lowest BCUT2D eigenvalue weighted by atomic mass is 10.3. The lowest BCUT2D eigenvalue weighted by Gasteiger charge is -2.14. The number of hydrogen-bond donors (Lipinski definition) is 1. The zero-order chi connectivity index (χ0) is 10.7. The van der Waals surface area contributed by atoms with Gasteiger partial charge in [0, 0.05) is 25.0 Å². The van der Waals surface area contributed by atoms with Gasteiger partial charge < -0.3 is 10.2 Å². The Morgan fingerprint density at radius 3 is 2.94 bits per heavy atom. The molecule has 0 aliphatic carbocycles. The maximum atomic E-state index is 5.86. The molecule has 3 nitrogen and oxygen atoms in total. The molecule has 0 fully saturated rings. The van der Waals surface area contributed by atoms with Gasteiger partial charge in [0.05, 0.1) is 10.9 Å². The molecule has 1 aliphatic rings. The lowest BCUT2D eigenvalue weighted by Crippen LogP contribution is -2.36. The van der Waals surface area contributed by atoms with Gasteiger partial charge in [-0.05, 0) is 18.6 Å². The normalized spacial score (nSPS) is 14.6. The van der Waals surface area contributed by atoms with Crippen molar-refractivity contribution in [1.29, 1.82) is 0 Å². The van der Waals surface area contributed by atoms with Crippen LogP contribution in [0.1, 0.15) is 4.88 Å². The smallest absolute Gasteiger partial charge is 0.193 e. The van der Waals surface area contributed by atoms with Crippen molar-refractivity contribution in [3.05, 3.63) is 21.3 Å². The summed E-state index contributed by atoms with van der Waals surface area (Å²) in [6.07, 6.45) is 1.00. The van der Waals surface area contributed by atoms with Crippen LogP contribution in [-0.2, 0) is 6.42 Å². The lowest BCUT2D eigenvalue weighted by molar-refractivity contribution is 0.534. The van der Waals surface area contributed by atoms with Crippen molar-refractivity contribution in [3.63, 3.8) is 0 Å². The quantitative estimate of drug-likeness (QED) is 0.827. The van der Waals surface area contributed by atoms with Gasteiger partial charge in [-0.2, -0.15) is 0 Å². The molecule has 2 rings (SSSR count). The Balaban J connectivity index is 0.00000128. The molecule has 1 aromatic heterocycles. The van der Waals surface area contributed by atoms with Crippen LogP contribution in [0.3, 0.4) is 0 Å². The molecule has 1 aromatic rings. The number of hydrogen-bond acceptors (Lipinski definition) is 4. The van der Waals surface area contributed by atoms with Gasteiger partial charge in [-0.15, -0.1) is 35.3 Å². The van der Waals surface area contributed by atoms with Crippen molar-refractivity contribution >= 4 is 52.9 Å². The molecule has 0 bridgehead atoms. The van der Waals surface area contributed by atoms with E-state index in [1.165, 1.54) is 4.88 Å². The van der Waals surface area contributed by atoms with E-state index >= 15 is 0 Å². The fourth-order valence-corrected chi connectivity index (χ4v) is 2.59. The molecule has 0 spiro atoms. The van der Waals surface area contributed by atoms with Crippen molar-refractivity contribution in [2.75, 3.05) is 26.7 Å². The highest BCUT2D eigenvalue weighted by Gasteiger charge is 2.10. The largest absolute Gasteiger partial charge is 0.356 e. The predicted octanol–water partition coefficient (Wildman–Crippen LogP) is 2.45. The van der Waals surface area contributed by atoms with Crippen LogP contribution >= 0.6 is 46.9 Å². The van der Waals surface area contributed by atoms with E-state index in [0.29, 0.717) is 0 Å². The van der Waals surface area contributed by atoms with Gasteiger partial charge in [-0.1, -0.05) is 11.6 Å². The van der Waals surface area contributed by atoms with Crippen LogP contribution in [-0.4, -0.2) is 37.5 Å². The minimum absolute atomic E-state index is 0. The second-order valence-electron chi connectivity index (χ2n) is 3.51. The summed E-state index contributed by atoms with van der Waals surface area (Å²) in [7, 11) is 2.06. The molecule has 0 atom stereocenters. The number of halogens is 2. The number of rotatable bonds is 3. The summed E-state index contributed by atoms with van der Waals surface area (Å²) in [5, 5.41) is 3.33. The van der Waals surface area contributed by atoms with Crippen LogP contribution in [0, 0.1) is 0 Å². The van der Waals surface area contributed by atoms with E-state index in [2.05, 4.69) is 28.3 Å². The monoisotopic (exact) mass is 371 g/mol. The number of likely N-dealkylation sites (N-methyl/N-ethyl adjacent to an activating group) is 1. The molecule has 16 heavy (non-hydrogen) atoms. The average molecular weight is 372 g/mol. The van der Waals surface area contributed by atoms with E-state index in [4.69, 9.17) is 11.6 Å². The Labute approximate surface area is 122 Å². The molecule has 0 saturated heterocycles. The third kappa shape index (κ3) is 3.78. The number of nitrogens with zero attached hydrogens (tertiary/aromatic N) is 2. The third-order valence-electron chi connectivity index (χ3n) is 2.34. The van der Waals surface area contributed by atoms with E-state index in [9.17, 15) is 0 Å². The van der Waals surface area contributed by atoms with E-state index < -0.39 is 0 Å². The summed E-state index contributed by atoms with van der Waals surface area (Å²) >= 11 is 7.50. The highest BCUT2D eigenvalue weighted by Crippen LogP contribution is 2.21. The number of nitrogens with one attached hydrogen (secondary N) is 1. The van der Waals surface area contributed by atoms with Crippen LogP contribution < -0.4 is 5.32 Å². The van der Waals surface area contributed by atoms with Gasteiger partial charge in [0.15, 0.2) is 5.96 Å². The fraction of sp³-hybridized carbons (Fsp3) is 0.500. The van der Waals surface area contributed by atoms with Gasteiger partial charge in [0.25, 0.3) is 0 Å². The van der Waals surface area contributed by atoms with Gasteiger partial charge in [-0.3, -0.25) is 4.99 Å². The summed E-state index contributed by atoms with van der Waals surface area (Å²) in [6, 6.07) is 4.02. The van der Waals surface area contributed by atoms with Gasteiger partial charge in [-0.25, -0.2) is 0 Å². The molecule has 90 valence electrons. The van der Waals surface area contributed by atoms with E-state index in [1.54, 1.807) is 11.3 Å². The molecule has 2 heterocycles. The molecule has 0 aromatic carbocycles. The second kappa shape index (κ2) is 6.66. The predicted molar refractivity (Wildman–Crippen MR) is 81.4 cm³/mol. The first-order valence-electron chi connectivity index (χ1n) is 4.99. The minimum Gasteiger partial charge on any atom is -0.356 e. The molecular formula is C10H15ClIN3S. The topological polar surface area (TPSA) is 27.6 Å². The molecule has 0 amide bonds. The first kappa shape index (κ1) is 14.1. The molecular weight excluding hydrogens is 357 g/mol. The maximum Gasteiger partial charge on any atom is 0.193 e. The Kier molecular flexibility index (Phi) is 5.85. The van der Waals surface area contributed by atoms with Crippen molar-refractivity contribution < 1.29 is 0 Å². The summed E-state index contributed by atoms with van der Waals surface area (Å²) in [5.41, 5.74) is 0. The van der Waals surface area contributed by atoms with Gasteiger partial charge in [0.2, 0.25) is 0 Å². The number of guanidine groups is 1. The zero-order valence-corrected chi connectivity index (χ0v) is 13.0. The molecule has 0 unspecified atom stereocenters. The minimum atomic E-state index is 0. The highest BCUT2D eigenvalue weighted by molar-refractivity contribution is 14.0. The number of thiophene rings is 1. The Morgan fingerprint density at radius 2 is 2.38 bits per heavy atom. The summed E-state index contributed by atoms with van der Waals surface area (Å²) in [4.78, 5) is 7.82. The Morgan fingerprint density at radius 1 is 1.56 bits per heavy atom. The van der Waals surface area contributed by atoms with Crippen LogP contribution in [0.2, 0.25) is 4.34 Å². The first-order chi connectivity index (χ1) is 7.25. The molecule has 1 N–H and O–H groups in total. The summed E-state index contributed by atoms with van der Waals surface area (Å²) in [6.45, 7) is 2.84. The van der Waals surface area contributed by atoms with Crippen molar-refractivity contribution in [2.45, 2.75) is 6.42 Å². The van der Waals surface area contributed by atoms with Gasteiger partial charge in [0.1, 0.15) is 0 Å². The maximum absolute atomic E-state index is 5.86. The van der Waals surface area contributed by atoms with Crippen molar-refractivity contribution in [2.24, 2.45) is 4.99 Å². The van der Waals surface area contributed by atoms with E-state index in [0.717, 1.165) is 36.4 Å². The number of aliphatic imine (C=N–C) groups is 1. The molecule has 1 aliphatic heterocycles. The van der Waals surface area contributed by atoms with E-state index in [-0.39, 0.29) is 24.0 Å². The fourth-order valence-electron chi connectivity index (χ4n) is 1.51. The highest BCUT2D eigenvalue weighted by atomic mass is 127. The Hall–Kier alpha value is -0.0100. The molecule has 0 saturated carbocycles. The Bertz CT molecular complexity index is 367. The van der Waals surface area contributed by atoms with Crippen LogP contribution in [0.4, 0.5) is 0 Å². The van der Waals surface area contributed by atoms with Crippen molar-refractivity contribution in [3.8, 4) is 0 Å². The molecule has 0 radical (unpaired) electrons. The average Bonchev–Trinajstić information content (AvgIpc) is 2.77.